The van der Waals surface area contributed by atoms with Crippen LogP contribution in [0.15, 0.2) is 24.3 Å². The zero-order valence-corrected chi connectivity index (χ0v) is 13.3. The molecule has 3 unspecified atom stereocenters. The van der Waals surface area contributed by atoms with E-state index < -0.39 is 5.97 Å². The van der Waals surface area contributed by atoms with Crippen LogP contribution in [0.3, 0.4) is 0 Å². The lowest BCUT2D eigenvalue weighted by Crippen LogP contribution is -2.40. The fourth-order valence-electron chi connectivity index (χ4n) is 3.23. The largest absolute Gasteiger partial charge is 0.481 e. The highest BCUT2D eigenvalue weighted by Gasteiger charge is 2.31. The highest BCUT2D eigenvalue weighted by Crippen LogP contribution is 2.29. The van der Waals surface area contributed by atoms with Crippen LogP contribution in [-0.4, -0.2) is 23.0 Å². The molecule has 1 fully saturated rings. The summed E-state index contributed by atoms with van der Waals surface area (Å²) in [6, 6.07) is 8.23. The first-order valence-corrected chi connectivity index (χ1v) is 8.05. The lowest BCUT2D eigenvalue weighted by Gasteiger charge is -2.27. The van der Waals surface area contributed by atoms with E-state index in [4.69, 9.17) is 5.11 Å². The summed E-state index contributed by atoms with van der Waals surface area (Å²) in [5, 5.41) is 12.2. The van der Waals surface area contributed by atoms with Crippen molar-refractivity contribution >= 4 is 11.9 Å². The molecule has 0 bridgehead atoms. The van der Waals surface area contributed by atoms with Crippen LogP contribution in [0.1, 0.15) is 43.7 Å². The monoisotopic (exact) mass is 303 g/mol. The number of rotatable bonds is 5. The van der Waals surface area contributed by atoms with Gasteiger partial charge in [-0.3, -0.25) is 9.59 Å². The normalized spacial score (nSPS) is 22.8. The van der Waals surface area contributed by atoms with Crippen LogP contribution in [0.2, 0.25) is 0 Å². The zero-order valence-electron chi connectivity index (χ0n) is 13.3. The Hall–Kier alpha value is -1.84. The molecule has 1 amide bonds. The third-order valence-electron chi connectivity index (χ3n) is 4.57. The molecular weight excluding hydrogens is 278 g/mol. The number of nitrogens with one attached hydrogen (secondary N) is 1. The van der Waals surface area contributed by atoms with Gasteiger partial charge >= 0.3 is 5.97 Å². The first-order valence-electron chi connectivity index (χ1n) is 8.05. The van der Waals surface area contributed by atoms with Crippen molar-refractivity contribution in [2.24, 2.45) is 11.8 Å². The van der Waals surface area contributed by atoms with Crippen LogP contribution in [0.25, 0.3) is 0 Å². The molecular formula is C18H25NO3. The van der Waals surface area contributed by atoms with Gasteiger partial charge in [0.2, 0.25) is 5.91 Å². The van der Waals surface area contributed by atoms with Gasteiger partial charge in [0.15, 0.2) is 0 Å². The van der Waals surface area contributed by atoms with Gasteiger partial charge in [0.25, 0.3) is 0 Å². The number of carboxylic acids is 1. The third-order valence-corrected chi connectivity index (χ3v) is 4.57. The Morgan fingerprint density at radius 3 is 2.64 bits per heavy atom. The predicted molar refractivity (Wildman–Crippen MR) is 85.6 cm³/mol. The second-order valence-corrected chi connectivity index (χ2v) is 6.44. The Kier molecular flexibility index (Phi) is 5.58. The number of carboxylic acid groups (broad SMARTS) is 1. The topological polar surface area (TPSA) is 66.4 Å². The van der Waals surface area contributed by atoms with Gasteiger partial charge in [0, 0.05) is 12.0 Å². The minimum atomic E-state index is -0.773. The quantitative estimate of drug-likeness (QED) is 0.879. The van der Waals surface area contributed by atoms with Crippen LogP contribution in [-0.2, 0) is 16.0 Å². The Labute approximate surface area is 131 Å². The van der Waals surface area contributed by atoms with E-state index in [2.05, 4.69) is 24.4 Å². The summed E-state index contributed by atoms with van der Waals surface area (Å²) < 4.78 is 0. The third kappa shape index (κ3) is 4.33. The van der Waals surface area contributed by atoms with Crippen molar-refractivity contribution in [2.75, 3.05) is 0 Å². The number of carbonyl (C=O) groups is 2. The maximum atomic E-state index is 12.3. The smallest absolute Gasteiger partial charge is 0.306 e. The minimum absolute atomic E-state index is 0.00651. The number of amides is 1. The molecule has 4 nitrogen and oxygen atoms in total. The SMILES string of the molecule is Cc1ccccc1CC(C)NC(=O)C1CCCC(C(=O)O)C1. The van der Waals surface area contributed by atoms with Crippen molar-refractivity contribution < 1.29 is 14.7 Å². The molecule has 1 saturated carbocycles. The molecule has 4 heteroatoms. The molecule has 0 heterocycles. The maximum Gasteiger partial charge on any atom is 0.306 e. The highest BCUT2D eigenvalue weighted by molar-refractivity contribution is 5.80. The van der Waals surface area contributed by atoms with E-state index in [1.807, 2.05) is 19.1 Å². The van der Waals surface area contributed by atoms with Crippen molar-refractivity contribution in [1.29, 1.82) is 0 Å². The number of hydrogen-bond acceptors (Lipinski definition) is 2. The van der Waals surface area contributed by atoms with Gasteiger partial charge in [-0.1, -0.05) is 30.7 Å². The average molecular weight is 303 g/mol. The number of benzene rings is 1. The first-order chi connectivity index (χ1) is 10.5. The van der Waals surface area contributed by atoms with Gasteiger partial charge in [0.05, 0.1) is 5.92 Å². The van der Waals surface area contributed by atoms with Crippen LogP contribution in [0.5, 0.6) is 0 Å². The summed E-state index contributed by atoms with van der Waals surface area (Å²) >= 11 is 0. The highest BCUT2D eigenvalue weighted by atomic mass is 16.4. The first kappa shape index (κ1) is 16.5. The Bertz CT molecular complexity index is 541. The molecule has 2 N–H and O–H groups in total. The fraction of sp³-hybridized carbons (Fsp3) is 0.556. The molecule has 1 aromatic carbocycles. The van der Waals surface area contributed by atoms with Gasteiger partial charge in [0.1, 0.15) is 0 Å². The molecule has 0 spiro atoms. The van der Waals surface area contributed by atoms with Crippen molar-refractivity contribution in [2.45, 2.75) is 52.0 Å². The van der Waals surface area contributed by atoms with Gasteiger partial charge in [-0.05, 0) is 50.7 Å². The lowest BCUT2D eigenvalue weighted by molar-refractivity contribution is -0.144. The molecule has 1 aliphatic rings. The average Bonchev–Trinajstić information content (AvgIpc) is 2.49. The Balaban J connectivity index is 1.88. The summed E-state index contributed by atoms with van der Waals surface area (Å²) in [7, 11) is 0. The van der Waals surface area contributed by atoms with E-state index in [1.165, 1.54) is 11.1 Å². The molecule has 120 valence electrons. The van der Waals surface area contributed by atoms with E-state index >= 15 is 0 Å². The van der Waals surface area contributed by atoms with Gasteiger partial charge < -0.3 is 10.4 Å². The van der Waals surface area contributed by atoms with E-state index in [-0.39, 0.29) is 23.8 Å². The van der Waals surface area contributed by atoms with Crippen molar-refractivity contribution in [3.05, 3.63) is 35.4 Å². The lowest BCUT2D eigenvalue weighted by atomic mass is 9.81. The maximum absolute atomic E-state index is 12.3. The molecule has 1 aliphatic carbocycles. The van der Waals surface area contributed by atoms with Crippen LogP contribution in [0, 0.1) is 18.8 Å². The number of carbonyl (C=O) groups excluding carboxylic acids is 1. The second kappa shape index (κ2) is 7.43. The summed E-state index contributed by atoms with van der Waals surface area (Å²) in [6.07, 6.45) is 3.58. The van der Waals surface area contributed by atoms with E-state index in [0.717, 1.165) is 19.3 Å². The predicted octanol–water partition coefficient (Wildman–Crippen LogP) is 2.93. The van der Waals surface area contributed by atoms with Gasteiger partial charge in [-0.2, -0.15) is 0 Å². The molecule has 0 saturated heterocycles. The van der Waals surface area contributed by atoms with E-state index in [0.29, 0.717) is 12.8 Å². The summed E-state index contributed by atoms with van der Waals surface area (Å²) in [5.41, 5.74) is 2.47. The van der Waals surface area contributed by atoms with Gasteiger partial charge in [-0.15, -0.1) is 0 Å². The molecule has 0 aliphatic heterocycles. The summed E-state index contributed by atoms with van der Waals surface area (Å²) in [6.45, 7) is 4.07. The second-order valence-electron chi connectivity index (χ2n) is 6.44. The Morgan fingerprint density at radius 1 is 1.27 bits per heavy atom. The molecule has 0 aromatic heterocycles. The zero-order chi connectivity index (χ0) is 16.1. The van der Waals surface area contributed by atoms with Crippen molar-refractivity contribution in [1.82, 2.24) is 5.32 Å². The summed E-state index contributed by atoms with van der Waals surface area (Å²) in [4.78, 5) is 23.4. The van der Waals surface area contributed by atoms with Crippen LogP contribution < -0.4 is 5.32 Å². The fourth-order valence-corrected chi connectivity index (χ4v) is 3.23. The van der Waals surface area contributed by atoms with Gasteiger partial charge in [-0.25, -0.2) is 0 Å². The minimum Gasteiger partial charge on any atom is -0.481 e. The number of aliphatic carboxylic acids is 1. The molecule has 22 heavy (non-hydrogen) atoms. The summed E-state index contributed by atoms with van der Waals surface area (Å²) in [5.74, 6) is -1.29. The molecule has 0 radical (unpaired) electrons. The molecule has 3 atom stereocenters. The number of aryl methyl sites for hydroxylation is 1. The van der Waals surface area contributed by atoms with Crippen LogP contribution in [0.4, 0.5) is 0 Å². The molecule has 1 aromatic rings. The molecule has 2 rings (SSSR count). The standard InChI is InChI=1S/C18H25NO3/c1-12-6-3-4-7-14(12)10-13(2)19-17(20)15-8-5-9-16(11-15)18(21)22/h3-4,6-7,13,15-16H,5,8-11H2,1-2H3,(H,19,20)(H,21,22). The number of hydrogen-bond donors (Lipinski definition) is 2. The Morgan fingerprint density at radius 2 is 1.95 bits per heavy atom. The van der Waals surface area contributed by atoms with Crippen molar-refractivity contribution in [3.63, 3.8) is 0 Å². The van der Waals surface area contributed by atoms with E-state index in [1.54, 1.807) is 0 Å². The van der Waals surface area contributed by atoms with Crippen molar-refractivity contribution in [3.8, 4) is 0 Å². The van der Waals surface area contributed by atoms with E-state index in [9.17, 15) is 9.59 Å². The van der Waals surface area contributed by atoms with Crippen LogP contribution >= 0.6 is 0 Å².